The molecule has 5 nitrogen and oxygen atoms in total. The lowest BCUT2D eigenvalue weighted by atomic mass is 9.49. The van der Waals surface area contributed by atoms with Gasteiger partial charge in [-0.25, -0.2) is 4.79 Å². The molecule has 5 aliphatic rings. The third kappa shape index (κ3) is 3.14. The van der Waals surface area contributed by atoms with E-state index in [1.165, 1.54) is 45.6 Å². The second-order valence-corrected chi connectivity index (χ2v) is 8.89. The highest BCUT2D eigenvalue weighted by atomic mass is 16.5. The Bertz CT molecular complexity index is 475. The third-order valence-electron chi connectivity index (χ3n) is 7.05. The first kappa shape index (κ1) is 16.2. The van der Waals surface area contributed by atoms with E-state index in [0.717, 1.165) is 50.1 Å². The lowest BCUT2D eigenvalue weighted by Gasteiger charge is -2.57. The first-order valence-corrected chi connectivity index (χ1v) is 9.67. The van der Waals surface area contributed by atoms with Crippen LogP contribution in [-0.2, 0) is 9.53 Å². The van der Waals surface area contributed by atoms with Crippen molar-refractivity contribution >= 4 is 12.0 Å². The smallest absolute Gasteiger partial charge is 0.407 e. The quantitative estimate of drug-likeness (QED) is 0.863. The Labute approximate surface area is 144 Å². The van der Waals surface area contributed by atoms with Gasteiger partial charge in [0.15, 0.2) is 0 Å². The summed E-state index contributed by atoms with van der Waals surface area (Å²) < 4.78 is 4.66. The van der Waals surface area contributed by atoms with Crippen LogP contribution in [0.5, 0.6) is 0 Å². The Morgan fingerprint density at radius 1 is 1.04 bits per heavy atom. The van der Waals surface area contributed by atoms with Gasteiger partial charge in [-0.2, -0.15) is 0 Å². The van der Waals surface area contributed by atoms with Crippen LogP contribution in [0.2, 0.25) is 0 Å². The molecule has 1 aliphatic heterocycles. The summed E-state index contributed by atoms with van der Waals surface area (Å²) in [4.78, 5) is 26.2. The number of nitrogens with zero attached hydrogens (tertiary/aromatic N) is 1. The summed E-state index contributed by atoms with van der Waals surface area (Å²) in [7, 11) is 1.39. The predicted molar refractivity (Wildman–Crippen MR) is 90.4 cm³/mol. The maximum Gasteiger partial charge on any atom is 0.407 e. The molecule has 0 spiro atoms. The highest BCUT2D eigenvalue weighted by molar-refractivity contribution is 5.77. The number of amides is 2. The van der Waals surface area contributed by atoms with E-state index in [-0.39, 0.29) is 12.1 Å². The molecule has 5 heteroatoms. The number of hydrogen-bond donors (Lipinski definition) is 1. The Balaban J connectivity index is 1.30. The molecule has 4 bridgehead atoms. The molecule has 1 heterocycles. The summed E-state index contributed by atoms with van der Waals surface area (Å²) in [5, 5.41) is 2.86. The molecule has 24 heavy (non-hydrogen) atoms. The largest absolute Gasteiger partial charge is 0.453 e. The molecule has 5 rings (SSSR count). The van der Waals surface area contributed by atoms with E-state index in [4.69, 9.17) is 0 Å². The highest BCUT2D eigenvalue weighted by Gasteiger charge is 2.51. The van der Waals surface area contributed by atoms with Crippen molar-refractivity contribution in [1.29, 1.82) is 0 Å². The molecule has 0 radical (unpaired) electrons. The fourth-order valence-corrected chi connectivity index (χ4v) is 6.44. The second kappa shape index (κ2) is 6.23. The fraction of sp³-hybridized carbons (Fsp3) is 0.895. The molecule has 0 aromatic carbocycles. The maximum atomic E-state index is 12.9. The van der Waals surface area contributed by atoms with Gasteiger partial charge in [-0.05, 0) is 74.5 Å². The summed E-state index contributed by atoms with van der Waals surface area (Å²) in [5.41, 5.74) is 0.326. The van der Waals surface area contributed by atoms with Crippen LogP contribution >= 0.6 is 0 Å². The van der Waals surface area contributed by atoms with Gasteiger partial charge in [0.1, 0.15) is 0 Å². The number of rotatable bonds is 3. The van der Waals surface area contributed by atoms with Crippen LogP contribution < -0.4 is 5.32 Å². The number of ether oxygens (including phenoxy) is 1. The maximum absolute atomic E-state index is 12.9. The van der Waals surface area contributed by atoms with E-state index in [0.29, 0.717) is 11.3 Å². The topological polar surface area (TPSA) is 58.6 Å². The minimum atomic E-state index is -0.367. The molecular formula is C19H30N2O3. The van der Waals surface area contributed by atoms with Crippen molar-refractivity contribution < 1.29 is 14.3 Å². The minimum absolute atomic E-state index is 0.140. The van der Waals surface area contributed by atoms with Crippen molar-refractivity contribution in [2.24, 2.45) is 23.2 Å². The van der Waals surface area contributed by atoms with E-state index in [1.807, 2.05) is 4.90 Å². The Kier molecular flexibility index (Phi) is 4.21. The van der Waals surface area contributed by atoms with Crippen LogP contribution in [0.3, 0.4) is 0 Å². The van der Waals surface area contributed by atoms with Gasteiger partial charge in [0.05, 0.1) is 7.11 Å². The first-order valence-electron chi connectivity index (χ1n) is 9.67. The molecular weight excluding hydrogens is 304 g/mol. The molecule has 1 N–H and O–H groups in total. The van der Waals surface area contributed by atoms with E-state index < -0.39 is 0 Å². The zero-order valence-electron chi connectivity index (χ0n) is 14.8. The SMILES string of the molecule is COC(=O)NC1CCN(C(=O)CC23CC4CC(CC(C4)C2)C3)CC1. The van der Waals surface area contributed by atoms with E-state index >= 15 is 0 Å². The van der Waals surface area contributed by atoms with Gasteiger partial charge in [0.25, 0.3) is 0 Å². The molecule has 4 saturated carbocycles. The van der Waals surface area contributed by atoms with Gasteiger partial charge in [-0.15, -0.1) is 0 Å². The van der Waals surface area contributed by atoms with Gasteiger partial charge in [-0.1, -0.05) is 0 Å². The number of nitrogens with one attached hydrogen (secondary N) is 1. The van der Waals surface area contributed by atoms with E-state index in [9.17, 15) is 9.59 Å². The first-order chi connectivity index (χ1) is 11.5. The number of likely N-dealkylation sites (tertiary alicyclic amines) is 1. The summed E-state index contributed by atoms with van der Waals surface area (Å²) in [6.45, 7) is 1.53. The van der Waals surface area contributed by atoms with Gasteiger partial charge in [0, 0.05) is 25.6 Å². The van der Waals surface area contributed by atoms with Crippen LogP contribution in [0.25, 0.3) is 0 Å². The predicted octanol–water partition coefficient (Wildman–Crippen LogP) is 2.94. The van der Waals surface area contributed by atoms with Gasteiger partial charge >= 0.3 is 6.09 Å². The zero-order chi connectivity index (χ0) is 16.7. The van der Waals surface area contributed by atoms with Crippen LogP contribution in [0.15, 0.2) is 0 Å². The van der Waals surface area contributed by atoms with Crippen LogP contribution in [-0.4, -0.2) is 43.1 Å². The van der Waals surface area contributed by atoms with Crippen LogP contribution in [0.4, 0.5) is 4.79 Å². The Morgan fingerprint density at radius 3 is 2.08 bits per heavy atom. The van der Waals surface area contributed by atoms with Crippen LogP contribution in [0.1, 0.15) is 57.8 Å². The number of hydrogen-bond acceptors (Lipinski definition) is 3. The summed E-state index contributed by atoms with van der Waals surface area (Å²) in [6, 6.07) is 0.140. The molecule has 0 atom stereocenters. The lowest BCUT2D eigenvalue weighted by Crippen LogP contribution is -2.50. The van der Waals surface area contributed by atoms with E-state index in [2.05, 4.69) is 10.1 Å². The minimum Gasteiger partial charge on any atom is -0.453 e. The standard InChI is InChI=1S/C19H30N2O3/c1-24-18(23)20-16-2-4-21(5-3-16)17(22)12-19-9-13-6-14(10-19)8-15(7-13)11-19/h13-16H,2-12H2,1H3,(H,20,23). The molecule has 4 aliphatic carbocycles. The van der Waals surface area contributed by atoms with Crippen molar-refractivity contribution in [1.82, 2.24) is 10.2 Å². The molecule has 5 fully saturated rings. The summed E-state index contributed by atoms with van der Waals surface area (Å²) >= 11 is 0. The highest BCUT2D eigenvalue weighted by Crippen LogP contribution is 2.61. The van der Waals surface area contributed by atoms with E-state index in [1.54, 1.807) is 0 Å². The van der Waals surface area contributed by atoms with Crippen LogP contribution in [0, 0.1) is 23.2 Å². The van der Waals surface area contributed by atoms with Crippen molar-refractivity contribution in [2.45, 2.75) is 63.8 Å². The van der Waals surface area contributed by atoms with Crippen molar-refractivity contribution in [3.05, 3.63) is 0 Å². The average Bonchev–Trinajstić information content (AvgIpc) is 2.53. The molecule has 0 unspecified atom stereocenters. The average molecular weight is 334 g/mol. The lowest BCUT2D eigenvalue weighted by molar-refractivity contribution is -0.140. The Hall–Kier alpha value is -1.26. The number of piperidine rings is 1. The van der Waals surface area contributed by atoms with Crippen molar-refractivity contribution in [3.8, 4) is 0 Å². The summed E-state index contributed by atoms with van der Waals surface area (Å²) in [6.07, 6.45) is 10.2. The molecule has 0 aromatic heterocycles. The second-order valence-electron chi connectivity index (χ2n) is 8.89. The van der Waals surface area contributed by atoms with Gasteiger partial charge in [0.2, 0.25) is 5.91 Å². The molecule has 2 amide bonds. The van der Waals surface area contributed by atoms with Crippen molar-refractivity contribution in [2.75, 3.05) is 20.2 Å². The number of methoxy groups -OCH3 is 1. The molecule has 0 aromatic rings. The van der Waals surface area contributed by atoms with Gasteiger partial charge < -0.3 is 15.0 Å². The number of carbonyl (C=O) groups excluding carboxylic acids is 2. The number of alkyl carbamates (subject to hydrolysis) is 1. The fourth-order valence-electron chi connectivity index (χ4n) is 6.44. The van der Waals surface area contributed by atoms with Crippen molar-refractivity contribution in [3.63, 3.8) is 0 Å². The molecule has 134 valence electrons. The normalized spacial score (nSPS) is 38.2. The Morgan fingerprint density at radius 2 is 1.58 bits per heavy atom. The number of carbonyl (C=O) groups is 2. The third-order valence-corrected chi connectivity index (χ3v) is 7.05. The van der Waals surface area contributed by atoms with Gasteiger partial charge in [-0.3, -0.25) is 4.79 Å². The monoisotopic (exact) mass is 334 g/mol. The summed E-state index contributed by atoms with van der Waals surface area (Å²) in [5.74, 6) is 3.06. The molecule has 1 saturated heterocycles. The zero-order valence-corrected chi connectivity index (χ0v) is 14.8.